The lowest BCUT2D eigenvalue weighted by Gasteiger charge is -2.12. The van der Waals surface area contributed by atoms with Crippen molar-refractivity contribution in [3.05, 3.63) is 0 Å². The van der Waals surface area contributed by atoms with Gasteiger partial charge in [0.25, 0.3) is 0 Å². The van der Waals surface area contributed by atoms with Gasteiger partial charge in [0.05, 0.1) is 6.54 Å². The smallest absolute Gasteiger partial charge is 0.239 e. The lowest BCUT2D eigenvalue weighted by Crippen LogP contribution is -2.39. The average molecular weight is 243 g/mol. The molecule has 2 amide bonds. The van der Waals surface area contributed by atoms with Crippen molar-refractivity contribution >= 4 is 11.8 Å². The van der Waals surface area contributed by atoms with Gasteiger partial charge >= 0.3 is 0 Å². The molecule has 1 unspecified atom stereocenters. The van der Waals surface area contributed by atoms with Crippen LogP contribution < -0.4 is 16.4 Å². The van der Waals surface area contributed by atoms with Gasteiger partial charge in [-0.1, -0.05) is 27.2 Å². The van der Waals surface area contributed by atoms with Crippen molar-refractivity contribution in [2.45, 2.75) is 33.6 Å². The van der Waals surface area contributed by atoms with Gasteiger partial charge in [-0.05, 0) is 18.4 Å². The third-order valence-electron chi connectivity index (χ3n) is 2.54. The summed E-state index contributed by atoms with van der Waals surface area (Å²) in [6.45, 7) is 7.23. The summed E-state index contributed by atoms with van der Waals surface area (Å²) in [6.07, 6.45) is 1.27. The van der Waals surface area contributed by atoms with E-state index in [0.29, 0.717) is 25.4 Å². The molecule has 0 fully saturated rings. The Morgan fingerprint density at radius 1 is 1.18 bits per heavy atom. The SMILES string of the molecule is CCC(CN)CC(=O)NCC(=O)NCC(C)C. The van der Waals surface area contributed by atoms with E-state index in [1.54, 1.807) is 0 Å². The summed E-state index contributed by atoms with van der Waals surface area (Å²) in [5.74, 6) is 0.361. The molecule has 0 aliphatic heterocycles. The van der Waals surface area contributed by atoms with Gasteiger partial charge in [0.2, 0.25) is 11.8 Å². The predicted molar refractivity (Wildman–Crippen MR) is 68.3 cm³/mol. The van der Waals surface area contributed by atoms with Gasteiger partial charge in [-0.25, -0.2) is 0 Å². The molecule has 0 heterocycles. The highest BCUT2D eigenvalue weighted by Gasteiger charge is 2.11. The molecule has 1 atom stereocenters. The van der Waals surface area contributed by atoms with Gasteiger partial charge in [0.1, 0.15) is 0 Å². The molecule has 0 aromatic rings. The average Bonchev–Trinajstić information content (AvgIpc) is 2.30. The summed E-state index contributed by atoms with van der Waals surface area (Å²) in [5, 5.41) is 5.34. The van der Waals surface area contributed by atoms with Crippen LogP contribution in [0.1, 0.15) is 33.6 Å². The van der Waals surface area contributed by atoms with Crippen LogP contribution in [0.2, 0.25) is 0 Å². The number of carbonyl (C=O) groups excluding carboxylic acids is 2. The number of hydrogen-bond donors (Lipinski definition) is 3. The van der Waals surface area contributed by atoms with Crippen molar-refractivity contribution in [2.24, 2.45) is 17.6 Å². The van der Waals surface area contributed by atoms with Crippen molar-refractivity contribution in [1.29, 1.82) is 0 Å². The normalized spacial score (nSPS) is 12.3. The van der Waals surface area contributed by atoms with Crippen molar-refractivity contribution in [3.8, 4) is 0 Å². The van der Waals surface area contributed by atoms with E-state index < -0.39 is 0 Å². The second-order valence-electron chi connectivity index (χ2n) is 4.69. The topological polar surface area (TPSA) is 84.2 Å². The van der Waals surface area contributed by atoms with Crippen LogP contribution in [0, 0.1) is 11.8 Å². The second-order valence-corrected chi connectivity index (χ2v) is 4.69. The molecule has 0 aromatic heterocycles. The van der Waals surface area contributed by atoms with E-state index in [1.807, 2.05) is 20.8 Å². The minimum atomic E-state index is -0.146. The molecule has 0 radical (unpaired) electrons. The van der Waals surface area contributed by atoms with Crippen LogP contribution in [0.5, 0.6) is 0 Å². The molecular formula is C12H25N3O2. The van der Waals surface area contributed by atoms with E-state index in [1.165, 1.54) is 0 Å². The molecule has 100 valence electrons. The highest BCUT2D eigenvalue weighted by atomic mass is 16.2. The minimum absolute atomic E-state index is 0.0482. The number of nitrogens with two attached hydrogens (primary N) is 1. The second kappa shape index (κ2) is 8.98. The quantitative estimate of drug-likeness (QED) is 0.571. The maximum Gasteiger partial charge on any atom is 0.239 e. The fourth-order valence-corrected chi connectivity index (χ4v) is 1.29. The molecule has 0 aliphatic rings. The first-order chi connectivity index (χ1) is 7.99. The Morgan fingerprint density at radius 2 is 1.82 bits per heavy atom. The van der Waals surface area contributed by atoms with Gasteiger partial charge in [-0.2, -0.15) is 0 Å². The Balaban J connectivity index is 3.72. The summed E-state index contributed by atoms with van der Waals surface area (Å²) in [6, 6.07) is 0. The van der Waals surface area contributed by atoms with Crippen LogP contribution in [0.4, 0.5) is 0 Å². The summed E-state index contributed by atoms with van der Waals surface area (Å²) in [5.41, 5.74) is 5.51. The number of nitrogens with one attached hydrogen (secondary N) is 2. The van der Waals surface area contributed by atoms with Crippen molar-refractivity contribution in [3.63, 3.8) is 0 Å². The Bertz CT molecular complexity index is 238. The van der Waals surface area contributed by atoms with Crippen LogP contribution in [-0.2, 0) is 9.59 Å². The summed E-state index contributed by atoms with van der Waals surface area (Å²) >= 11 is 0. The van der Waals surface area contributed by atoms with E-state index in [4.69, 9.17) is 5.73 Å². The van der Waals surface area contributed by atoms with Gasteiger partial charge in [-0.3, -0.25) is 9.59 Å². The Hall–Kier alpha value is -1.10. The van der Waals surface area contributed by atoms with E-state index in [9.17, 15) is 9.59 Å². The third kappa shape index (κ3) is 8.68. The standard InChI is InChI=1S/C12H25N3O2/c1-4-10(6-13)5-11(16)15-8-12(17)14-7-9(2)3/h9-10H,4-8,13H2,1-3H3,(H,14,17)(H,15,16). The molecule has 5 nitrogen and oxygen atoms in total. The lowest BCUT2D eigenvalue weighted by atomic mass is 10.0. The molecular weight excluding hydrogens is 218 g/mol. The maximum atomic E-state index is 11.5. The maximum absolute atomic E-state index is 11.5. The van der Waals surface area contributed by atoms with E-state index >= 15 is 0 Å². The largest absolute Gasteiger partial charge is 0.354 e. The first-order valence-electron chi connectivity index (χ1n) is 6.23. The van der Waals surface area contributed by atoms with Gasteiger partial charge in [0, 0.05) is 13.0 Å². The fraction of sp³-hybridized carbons (Fsp3) is 0.833. The highest BCUT2D eigenvalue weighted by molar-refractivity contribution is 5.84. The highest BCUT2D eigenvalue weighted by Crippen LogP contribution is 2.04. The monoisotopic (exact) mass is 243 g/mol. The minimum Gasteiger partial charge on any atom is -0.354 e. The zero-order valence-electron chi connectivity index (χ0n) is 11.1. The molecule has 0 spiro atoms. The summed E-state index contributed by atoms with van der Waals surface area (Å²) < 4.78 is 0. The first-order valence-corrected chi connectivity index (χ1v) is 6.23. The number of rotatable bonds is 8. The zero-order valence-corrected chi connectivity index (χ0v) is 11.1. The van der Waals surface area contributed by atoms with Crippen molar-refractivity contribution in [1.82, 2.24) is 10.6 Å². The first kappa shape index (κ1) is 15.9. The molecule has 4 N–H and O–H groups in total. The van der Waals surface area contributed by atoms with Crippen LogP contribution in [0.25, 0.3) is 0 Å². The lowest BCUT2D eigenvalue weighted by molar-refractivity contribution is -0.126. The Labute approximate surface area is 104 Å². The fourth-order valence-electron chi connectivity index (χ4n) is 1.29. The molecule has 0 saturated heterocycles. The molecule has 0 aliphatic carbocycles. The van der Waals surface area contributed by atoms with Crippen molar-refractivity contribution < 1.29 is 9.59 Å². The number of amides is 2. The zero-order chi connectivity index (χ0) is 13.3. The van der Waals surface area contributed by atoms with Crippen LogP contribution in [-0.4, -0.2) is 31.4 Å². The third-order valence-corrected chi connectivity index (χ3v) is 2.54. The molecule has 5 heteroatoms. The molecule has 0 rings (SSSR count). The summed E-state index contributed by atoms with van der Waals surface area (Å²) in [4.78, 5) is 22.8. The van der Waals surface area contributed by atoms with Crippen LogP contribution in [0.15, 0.2) is 0 Å². The number of carbonyl (C=O) groups is 2. The Morgan fingerprint density at radius 3 is 2.29 bits per heavy atom. The van der Waals surface area contributed by atoms with Crippen molar-refractivity contribution in [2.75, 3.05) is 19.6 Å². The van der Waals surface area contributed by atoms with Gasteiger partial charge < -0.3 is 16.4 Å². The Kier molecular flexibility index (Phi) is 8.40. The van der Waals surface area contributed by atoms with E-state index in [0.717, 1.165) is 6.42 Å². The molecule has 0 bridgehead atoms. The van der Waals surface area contributed by atoms with Crippen LogP contribution in [0.3, 0.4) is 0 Å². The molecule has 0 aromatic carbocycles. The molecule has 17 heavy (non-hydrogen) atoms. The number of hydrogen-bond acceptors (Lipinski definition) is 3. The molecule has 0 saturated carbocycles. The van der Waals surface area contributed by atoms with Gasteiger partial charge in [0.15, 0.2) is 0 Å². The van der Waals surface area contributed by atoms with Crippen LogP contribution >= 0.6 is 0 Å². The van der Waals surface area contributed by atoms with E-state index in [2.05, 4.69) is 10.6 Å². The van der Waals surface area contributed by atoms with E-state index in [-0.39, 0.29) is 24.3 Å². The predicted octanol–water partition coefficient (Wildman–Crippen LogP) is 0.250. The van der Waals surface area contributed by atoms with Gasteiger partial charge in [-0.15, -0.1) is 0 Å². The summed E-state index contributed by atoms with van der Waals surface area (Å²) in [7, 11) is 0.